The number of amides is 2. The third kappa shape index (κ3) is 7.30. The third-order valence-corrected chi connectivity index (χ3v) is 1.29. The van der Waals surface area contributed by atoms with Crippen LogP contribution in [0.5, 0.6) is 0 Å². The molecule has 0 saturated heterocycles. The molecule has 0 spiro atoms. The molecule has 0 bridgehead atoms. The molecule has 12 heavy (non-hydrogen) atoms. The van der Waals surface area contributed by atoms with Gasteiger partial charge in [0.1, 0.15) is 0 Å². The highest BCUT2D eigenvalue weighted by atomic mass is 16.3. The van der Waals surface area contributed by atoms with Gasteiger partial charge in [-0.05, 0) is 19.4 Å². The highest BCUT2D eigenvalue weighted by Crippen LogP contribution is 1.74. The fraction of sp³-hybridized carbons (Fsp3) is 0.857. The summed E-state index contributed by atoms with van der Waals surface area (Å²) in [5.41, 5.74) is 5.23. The average molecular weight is 175 g/mol. The molecule has 0 saturated carbocycles. The molecule has 0 unspecified atom stereocenters. The van der Waals surface area contributed by atoms with Crippen molar-refractivity contribution in [1.29, 1.82) is 0 Å². The van der Waals surface area contributed by atoms with E-state index in [1.54, 1.807) is 0 Å². The second kappa shape index (κ2) is 8.29. The SMILES string of the molecule is NCCCNC(=O)NCCCO. The number of hydrogen-bond donors (Lipinski definition) is 4. The number of nitrogens with two attached hydrogens (primary N) is 1. The minimum atomic E-state index is -0.197. The Morgan fingerprint density at radius 1 is 1.25 bits per heavy atom. The van der Waals surface area contributed by atoms with Crippen LogP contribution in [0.25, 0.3) is 0 Å². The van der Waals surface area contributed by atoms with Crippen molar-refractivity contribution in [2.45, 2.75) is 12.8 Å². The van der Waals surface area contributed by atoms with E-state index < -0.39 is 0 Å². The summed E-state index contributed by atoms with van der Waals surface area (Å²) in [4.78, 5) is 10.8. The number of aliphatic hydroxyl groups excluding tert-OH is 1. The highest BCUT2D eigenvalue weighted by molar-refractivity contribution is 5.73. The van der Waals surface area contributed by atoms with E-state index in [2.05, 4.69) is 10.6 Å². The van der Waals surface area contributed by atoms with Gasteiger partial charge in [0.25, 0.3) is 0 Å². The molecule has 0 aromatic carbocycles. The van der Waals surface area contributed by atoms with Crippen LogP contribution in [0.4, 0.5) is 4.79 Å². The molecule has 0 aromatic rings. The first kappa shape index (κ1) is 11.2. The molecule has 5 heteroatoms. The van der Waals surface area contributed by atoms with Crippen molar-refractivity contribution in [1.82, 2.24) is 10.6 Å². The molecule has 0 rings (SSSR count). The van der Waals surface area contributed by atoms with E-state index in [1.807, 2.05) is 0 Å². The molecule has 5 nitrogen and oxygen atoms in total. The number of hydrogen-bond acceptors (Lipinski definition) is 3. The Morgan fingerprint density at radius 3 is 2.33 bits per heavy atom. The predicted molar refractivity (Wildman–Crippen MR) is 46.8 cm³/mol. The van der Waals surface area contributed by atoms with Crippen LogP contribution in [0, 0.1) is 0 Å². The number of carbonyl (C=O) groups is 1. The van der Waals surface area contributed by atoms with Gasteiger partial charge in [-0.2, -0.15) is 0 Å². The molecule has 72 valence electrons. The van der Waals surface area contributed by atoms with Gasteiger partial charge in [-0.15, -0.1) is 0 Å². The van der Waals surface area contributed by atoms with Crippen molar-refractivity contribution in [3.8, 4) is 0 Å². The van der Waals surface area contributed by atoms with Gasteiger partial charge in [0.2, 0.25) is 0 Å². The van der Waals surface area contributed by atoms with E-state index in [4.69, 9.17) is 10.8 Å². The Labute approximate surface area is 72.3 Å². The molecule has 0 fully saturated rings. The molecule has 0 aliphatic heterocycles. The zero-order valence-corrected chi connectivity index (χ0v) is 7.18. The zero-order valence-electron chi connectivity index (χ0n) is 7.18. The van der Waals surface area contributed by atoms with Gasteiger partial charge in [-0.3, -0.25) is 0 Å². The van der Waals surface area contributed by atoms with Crippen molar-refractivity contribution in [2.24, 2.45) is 5.73 Å². The molecule has 0 aromatic heterocycles. The lowest BCUT2D eigenvalue weighted by Crippen LogP contribution is -2.37. The maximum atomic E-state index is 10.8. The van der Waals surface area contributed by atoms with E-state index in [-0.39, 0.29) is 12.6 Å². The van der Waals surface area contributed by atoms with Crippen LogP contribution in [0.3, 0.4) is 0 Å². The maximum Gasteiger partial charge on any atom is 0.314 e. The van der Waals surface area contributed by atoms with Gasteiger partial charge in [0.05, 0.1) is 0 Å². The monoisotopic (exact) mass is 175 g/mol. The number of carbonyl (C=O) groups excluding carboxylic acids is 1. The summed E-state index contributed by atoms with van der Waals surface area (Å²) in [5, 5.41) is 13.6. The summed E-state index contributed by atoms with van der Waals surface area (Å²) in [7, 11) is 0. The van der Waals surface area contributed by atoms with Gasteiger partial charge in [0.15, 0.2) is 0 Å². The van der Waals surface area contributed by atoms with Crippen LogP contribution in [-0.2, 0) is 0 Å². The summed E-state index contributed by atoms with van der Waals surface area (Å²) < 4.78 is 0. The van der Waals surface area contributed by atoms with Crippen LogP contribution in [-0.4, -0.2) is 37.4 Å². The molecule has 2 amide bonds. The molecule has 0 aliphatic rings. The lowest BCUT2D eigenvalue weighted by molar-refractivity contribution is 0.238. The highest BCUT2D eigenvalue weighted by Gasteiger charge is 1.95. The number of nitrogens with one attached hydrogen (secondary N) is 2. The summed E-state index contributed by atoms with van der Waals surface area (Å²) in [6.45, 7) is 1.78. The molecule has 0 heterocycles. The van der Waals surface area contributed by atoms with Crippen LogP contribution in [0.15, 0.2) is 0 Å². The molecule has 0 aliphatic carbocycles. The van der Waals surface area contributed by atoms with E-state index >= 15 is 0 Å². The molecule has 0 radical (unpaired) electrons. The Bertz CT molecular complexity index is 107. The van der Waals surface area contributed by atoms with E-state index in [1.165, 1.54) is 0 Å². The van der Waals surface area contributed by atoms with Crippen molar-refractivity contribution < 1.29 is 9.90 Å². The summed E-state index contributed by atoms with van der Waals surface area (Å²) >= 11 is 0. The molecular weight excluding hydrogens is 158 g/mol. The fourth-order valence-electron chi connectivity index (χ4n) is 0.647. The maximum absolute atomic E-state index is 10.8. The number of aliphatic hydroxyl groups is 1. The standard InChI is InChI=1S/C7H17N3O2/c8-3-1-4-9-7(12)10-5-2-6-11/h11H,1-6,8H2,(H2,9,10,12). The normalized spacial score (nSPS) is 9.50. The first-order valence-corrected chi connectivity index (χ1v) is 4.14. The Morgan fingerprint density at radius 2 is 1.83 bits per heavy atom. The summed E-state index contributed by atoms with van der Waals surface area (Å²) in [6.07, 6.45) is 1.37. The molecule has 0 atom stereocenters. The summed E-state index contributed by atoms with van der Waals surface area (Å²) in [5.74, 6) is 0. The summed E-state index contributed by atoms with van der Waals surface area (Å²) in [6, 6.07) is -0.197. The van der Waals surface area contributed by atoms with E-state index in [9.17, 15) is 4.79 Å². The van der Waals surface area contributed by atoms with Gasteiger partial charge in [0, 0.05) is 19.7 Å². The Hall–Kier alpha value is -0.810. The Kier molecular flexibility index (Phi) is 7.73. The first-order chi connectivity index (χ1) is 5.81. The Balaban J connectivity index is 3.10. The van der Waals surface area contributed by atoms with Crippen molar-refractivity contribution in [3.63, 3.8) is 0 Å². The van der Waals surface area contributed by atoms with Gasteiger partial charge >= 0.3 is 6.03 Å². The largest absolute Gasteiger partial charge is 0.396 e. The number of urea groups is 1. The smallest absolute Gasteiger partial charge is 0.314 e. The second-order valence-electron chi connectivity index (χ2n) is 2.40. The van der Waals surface area contributed by atoms with Gasteiger partial charge < -0.3 is 21.5 Å². The lowest BCUT2D eigenvalue weighted by Gasteiger charge is -2.05. The average Bonchev–Trinajstić information content (AvgIpc) is 2.06. The van der Waals surface area contributed by atoms with Crippen molar-refractivity contribution >= 4 is 6.03 Å². The van der Waals surface area contributed by atoms with Gasteiger partial charge in [-0.1, -0.05) is 0 Å². The topological polar surface area (TPSA) is 87.4 Å². The van der Waals surface area contributed by atoms with Crippen LogP contribution < -0.4 is 16.4 Å². The van der Waals surface area contributed by atoms with Crippen LogP contribution >= 0.6 is 0 Å². The fourth-order valence-corrected chi connectivity index (χ4v) is 0.647. The zero-order chi connectivity index (χ0) is 9.23. The van der Waals surface area contributed by atoms with Crippen LogP contribution in [0.2, 0.25) is 0 Å². The molecule has 5 N–H and O–H groups in total. The van der Waals surface area contributed by atoms with Crippen molar-refractivity contribution in [3.05, 3.63) is 0 Å². The first-order valence-electron chi connectivity index (χ1n) is 4.14. The third-order valence-electron chi connectivity index (χ3n) is 1.29. The molecular formula is C7H17N3O2. The minimum absolute atomic E-state index is 0.100. The second-order valence-corrected chi connectivity index (χ2v) is 2.40. The number of rotatable bonds is 6. The van der Waals surface area contributed by atoms with Crippen molar-refractivity contribution in [2.75, 3.05) is 26.2 Å². The van der Waals surface area contributed by atoms with E-state index in [0.29, 0.717) is 26.1 Å². The van der Waals surface area contributed by atoms with Crippen LogP contribution in [0.1, 0.15) is 12.8 Å². The van der Waals surface area contributed by atoms with E-state index in [0.717, 1.165) is 6.42 Å². The van der Waals surface area contributed by atoms with Gasteiger partial charge in [-0.25, -0.2) is 4.79 Å². The lowest BCUT2D eigenvalue weighted by atomic mass is 10.4. The quantitative estimate of drug-likeness (QED) is 0.391. The minimum Gasteiger partial charge on any atom is -0.396 e. The predicted octanol–water partition coefficient (Wildman–Crippen LogP) is -0.983.